The van der Waals surface area contributed by atoms with Crippen molar-refractivity contribution in [2.75, 3.05) is 19.7 Å². The molecule has 5 rings (SSSR count). The molecule has 0 saturated carbocycles. The Morgan fingerprint density at radius 1 is 1.13 bits per heavy atom. The van der Waals surface area contributed by atoms with Crippen molar-refractivity contribution < 1.29 is 9.53 Å². The number of thiophene rings is 1. The molecule has 0 bridgehead atoms. The fourth-order valence-electron chi connectivity index (χ4n) is 4.13. The Labute approximate surface area is 190 Å². The highest BCUT2D eigenvalue weighted by atomic mass is 32.2. The number of hydrogen-bond acceptors (Lipinski definition) is 6. The first kappa shape index (κ1) is 20.7. The van der Waals surface area contributed by atoms with E-state index in [4.69, 9.17) is 4.74 Å². The van der Waals surface area contributed by atoms with Crippen LogP contribution in [0.2, 0.25) is 0 Å². The highest BCUT2D eigenvalue weighted by Crippen LogP contribution is 2.30. The molecule has 1 amide bonds. The van der Waals surface area contributed by atoms with Crippen LogP contribution >= 0.6 is 23.1 Å². The fraction of sp³-hybridized carbons (Fsp3) is 0.435. The highest BCUT2D eigenvalue weighted by Gasteiger charge is 2.22. The van der Waals surface area contributed by atoms with Crippen molar-refractivity contribution in [2.45, 2.75) is 49.2 Å². The monoisotopic (exact) mass is 454 g/mol. The third-order valence-corrected chi connectivity index (χ3v) is 7.73. The molecule has 1 aromatic carbocycles. The molecular formula is C23H26N4O2S2. The van der Waals surface area contributed by atoms with Gasteiger partial charge >= 0.3 is 0 Å². The predicted molar refractivity (Wildman–Crippen MR) is 123 cm³/mol. The van der Waals surface area contributed by atoms with E-state index in [1.165, 1.54) is 5.56 Å². The van der Waals surface area contributed by atoms with Gasteiger partial charge in [0, 0.05) is 31.0 Å². The summed E-state index contributed by atoms with van der Waals surface area (Å²) in [5.41, 5.74) is 1.95. The summed E-state index contributed by atoms with van der Waals surface area (Å²) in [7, 11) is 0. The van der Waals surface area contributed by atoms with E-state index in [1.54, 1.807) is 23.1 Å². The molecule has 0 N–H and O–H groups in total. The van der Waals surface area contributed by atoms with E-state index < -0.39 is 0 Å². The average Bonchev–Trinajstić information content (AvgIpc) is 3.61. The maximum atomic E-state index is 12.6. The molecule has 2 saturated heterocycles. The molecule has 31 heavy (non-hydrogen) atoms. The lowest BCUT2D eigenvalue weighted by Crippen LogP contribution is -2.27. The zero-order valence-electron chi connectivity index (χ0n) is 17.4. The van der Waals surface area contributed by atoms with Gasteiger partial charge in [0.25, 0.3) is 5.91 Å². The number of likely N-dealkylation sites (tertiary alicyclic amines) is 1. The van der Waals surface area contributed by atoms with Crippen LogP contribution in [-0.4, -0.2) is 51.4 Å². The van der Waals surface area contributed by atoms with Gasteiger partial charge in [-0.2, -0.15) is 0 Å². The van der Waals surface area contributed by atoms with Crippen molar-refractivity contribution in [3.05, 3.63) is 52.9 Å². The number of carbonyl (C=O) groups is 1. The van der Waals surface area contributed by atoms with Crippen molar-refractivity contribution >= 4 is 29.0 Å². The summed E-state index contributed by atoms with van der Waals surface area (Å²) in [4.78, 5) is 15.6. The van der Waals surface area contributed by atoms with Crippen LogP contribution in [0.3, 0.4) is 0 Å². The van der Waals surface area contributed by atoms with Crippen LogP contribution in [0.4, 0.5) is 0 Å². The number of aromatic nitrogens is 3. The number of rotatable bonds is 7. The van der Waals surface area contributed by atoms with Gasteiger partial charge in [-0.15, -0.1) is 21.5 Å². The summed E-state index contributed by atoms with van der Waals surface area (Å²) in [6, 6.07) is 12.1. The molecule has 2 aliphatic rings. The van der Waals surface area contributed by atoms with Gasteiger partial charge in [-0.05, 0) is 54.8 Å². The van der Waals surface area contributed by atoms with Crippen LogP contribution in [0.25, 0.3) is 10.7 Å². The van der Waals surface area contributed by atoms with E-state index in [2.05, 4.69) is 38.3 Å². The fourth-order valence-corrected chi connectivity index (χ4v) is 5.76. The van der Waals surface area contributed by atoms with E-state index in [0.717, 1.165) is 79.1 Å². The summed E-state index contributed by atoms with van der Waals surface area (Å²) in [6.07, 6.45) is 4.65. The van der Waals surface area contributed by atoms with Crippen molar-refractivity contribution in [3.8, 4) is 10.7 Å². The van der Waals surface area contributed by atoms with Gasteiger partial charge in [-0.1, -0.05) is 30.0 Å². The second-order valence-corrected chi connectivity index (χ2v) is 9.90. The maximum absolute atomic E-state index is 12.6. The van der Waals surface area contributed by atoms with Crippen LogP contribution in [0.1, 0.15) is 41.6 Å². The number of carbonyl (C=O) groups excluding carboxylic acids is 1. The smallest absolute Gasteiger partial charge is 0.253 e. The summed E-state index contributed by atoms with van der Waals surface area (Å²) in [6.45, 7) is 3.38. The van der Waals surface area contributed by atoms with Crippen LogP contribution < -0.4 is 0 Å². The topological polar surface area (TPSA) is 60.3 Å². The van der Waals surface area contributed by atoms with Gasteiger partial charge in [-0.25, -0.2) is 0 Å². The van der Waals surface area contributed by atoms with Crippen molar-refractivity contribution in [3.63, 3.8) is 0 Å². The van der Waals surface area contributed by atoms with Gasteiger partial charge in [0.15, 0.2) is 11.0 Å². The molecule has 2 fully saturated rings. The zero-order valence-corrected chi connectivity index (χ0v) is 19.0. The molecule has 1 atom stereocenters. The maximum Gasteiger partial charge on any atom is 0.253 e. The Kier molecular flexibility index (Phi) is 6.38. The van der Waals surface area contributed by atoms with Crippen LogP contribution in [0, 0.1) is 0 Å². The molecule has 8 heteroatoms. The quantitative estimate of drug-likeness (QED) is 0.484. The normalized spacial score (nSPS) is 18.7. The number of benzene rings is 1. The van der Waals surface area contributed by atoms with E-state index >= 15 is 0 Å². The van der Waals surface area contributed by atoms with Crippen LogP contribution in [0.5, 0.6) is 0 Å². The number of thioether (sulfide) groups is 1. The van der Waals surface area contributed by atoms with Gasteiger partial charge in [0.05, 0.1) is 17.5 Å². The van der Waals surface area contributed by atoms with Gasteiger partial charge < -0.3 is 9.64 Å². The Bertz CT molecular complexity index is 1000. The number of hydrogen-bond donors (Lipinski definition) is 0. The van der Waals surface area contributed by atoms with Crippen molar-refractivity contribution in [1.82, 2.24) is 19.7 Å². The van der Waals surface area contributed by atoms with Gasteiger partial charge in [0.2, 0.25) is 0 Å². The minimum absolute atomic E-state index is 0.147. The van der Waals surface area contributed by atoms with E-state index in [1.807, 2.05) is 23.1 Å². The van der Waals surface area contributed by atoms with E-state index in [0.29, 0.717) is 0 Å². The SMILES string of the molecule is O=C(c1ccc(CSc2nnc(-c3cccs3)n2CC2CCCO2)cc1)N1CCCC1. The lowest BCUT2D eigenvalue weighted by molar-refractivity contribution is 0.0793. The second kappa shape index (κ2) is 9.54. The average molecular weight is 455 g/mol. The molecule has 3 aromatic rings. The van der Waals surface area contributed by atoms with E-state index in [-0.39, 0.29) is 12.0 Å². The second-order valence-electron chi connectivity index (χ2n) is 8.01. The predicted octanol–water partition coefficient (Wildman–Crippen LogP) is 4.71. The summed E-state index contributed by atoms with van der Waals surface area (Å²) >= 11 is 3.37. The molecule has 6 nitrogen and oxygen atoms in total. The number of ether oxygens (including phenoxy) is 1. The first-order valence-electron chi connectivity index (χ1n) is 10.9. The molecule has 2 aliphatic heterocycles. The van der Waals surface area contributed by atoms with Crippen LogP contribution in [0.15, 0.2) is 46.9 Å². The highest BCUT2D eigenvalue weighted by molar-refractivity contribution is 7.98. The number of amides is 1. The van der Waals surface area contributed by atoms with Crippen molar-refractivity contribution in [2.24, 2.45) is 0 Å². The first-order chi connectivity index (χ1) is 15.3. The largest absolute Gasteiger partial charge is 0.376 e. The third-order valence-electron chi connectivity index (χ3n) is 5.83. The molecule has 1 unspecified atom stereocenters. The Hall–Kier alpha value is -2.16. The lowest BCUT2D eigenvalue weighted by atomic mass is 10.1. The standard InChI is InChI=1S/C23H26N4O2S2/c28-22(26-11-1-2-12-26)18-9-7-17(8-10-18)16-31-23-25-24-21(20-6-4-14-30-20)27(23)15-19-5-3-13-29-19/h4,6-10,14,19H,1-3,5,11-13,15-16H2. The molecule has 0 spiro atoms. The molecular weight excluding hydrogens is 428 g/mol. The summed E-state index contributed by atoms with van der Waals surface area (Å²) in [5, 5.41) is 12.0. The Morgan fingerprint density at radius 3 is 2.68 bits per heavy atom. The third kappa shape index (κ3) is 4.71. The first-order valence-corrected chi connectivity index (χ1v) is 12.7. The number of nitrogens with zero attached hydrogens (tertiary/aromatic N) is 4. The minimum Gasteiger partial charge on any atom is -0.376 e. The summed E-state index contributed by atoms with van der Waals surface area (Å²) < 4.78 is 8.08. The van der Waals surface area contributed by atoms with Crippen molar-refractivity contribution in [1.29, 1.82) is 0 Å². The molecule has 0 radical (unpaired) electrons. The van der Waals surface area contributed by atoms with E-state index in [9.17, 15) is 4.79 Å². The van der Waals surface area contributed by atoms with Gasteiger partial charge in [-0.3, -0.25) is 9.36 Å². The zero-order chi connectivity index (χ0) is 21.0. The Morgan fingerprint density at radius 2 is 1.97 bits per heavy atom. The van der Waals surface area contributed by atoms with Crippen LogP contribution in [-0.2, 0) is 17.0 Å². The minimum atomic E-state index is 0.147. The lowest BCUT2D eigenvalue weighted by Gasteiger charge is -2.15. The molecule has 0 aliphatic carbocycles. The molecule has 2 aromatic heterocycles. The summed E-state index contributed by atoms with van der Waals surface area (Å²) in [5.74, 6) is 1.85. The molecule has 162 valence electrons. The van der Waals surface area contributed by atoms with Gasteiger partial charge in [0.1, 0.15) is 0 Å². The molecule has 4 heterocycles. The Balaban J connectivity index is 1.29.